The molecular weight excluding hydrogens is 254 g/mol. The lowest BCUT2D eigenvalue weighted by Crippen LogP contribution is -1.91. The van der Waals surface area contributed by atoms with Crippen molar-refractivity contribution in [1.82, 2.24) is 0 Å². The Morgan fingerprint density at radius 3 is 2.05 bits per heavy atom. The van der Waals surface area contributed by atoms with Gasteiger partial charge >= 0.3 is 0 Å². The van der Waals surface area contributed by atoms with Crippen LogP contribution in [0, 0.1) is 0 Å². The molecule has 1 aliphatic heterocycles. The number of hydrogen-bond acceptors (Lipinski definition) is 1. The van der Waals surface area contributed by atoms with E-state index in [2.05, 4.69) is 48.3 Å². The molecule has 1 nitrogen and oxygen atoms in total. The summed E-state index contributed by atoms with van der Waals surface area (Å²) in [7, 11) is 0. The molecular formula is C20H29N. The Labute approximate surface area is 130 Å². The maximum Gasteiger partial charge on any atom is 0.0603 e. The summed E-state index contributed by atoms with van der Waals surface area (Å²) in [6.45, 7) is 3.11. The third kappa shape index (κ3) is 6.75. The van der Waals surface area contributed by atoms with E-state index in [1.54, 1.807) is 0 Å². The van der Waals surface area contributed by atoms with Gasteiger partial charge in [0, 0.05) is 5.71 Å². The molecule has 1 aromatic carbocycles. The summed E-state index contributed by atoms with van der Waals surface area (Å²) >= 11 is 0. The van der Waals surface area contributed by atoms with E-state index in [1.807, 2.05) is 0 Å². The Morgan fingerprint density at radius 2 is 1.43 bits per heavy atom. The van der Waals surface area contributed by atoms with Gasteiger partial charge in [0.05, 0.1) is 6.54 Å². The van der Waals surface area contributed by atoms with E-state index < -0.39 is 0 Å². The molecule has 1 aliphatic rings. The van der Waals surface area contributed by atoms with E-state index in [-0.39, 0.29) is 0 Å². The average Bonchev–Trinajstić information content (AvgIpc) is 2.92. The number of aryl methyl sites for hydroxylation is 1. The van der Waals surface area contributed by atoms with Crippen molar-refractivity contribution in [1.29, 1.82) is 0 Å². The van der Waals surface area contributed by atoms with Crippen molar-refractivity contribution in [3.8, 4) is 0 Å². The van der Waals surface area contributed by atoms with Crippen LogP contribution < -0.4 is 0 Å². The molecule has 21 heavy (non-hydrogen) atoms. The molecule has 0 radical (unpaired) electrons. The number of allylic oxidation sites excluding steroid dienone is 1. The quantitative estimate of drug-likeness (QED) is 0.485. The van der Waals surface area contributed by atoms with Crippen molar-refractivity contribution >= 4 is 5.71 Å². The zero-order valence-electron chi connectivity index (χ0n) is 13.5. The minimum absolute atomic E-state index is 0.941. The van der Waals surface area contributed by atoms with Gasteiger partial charge in [-0.25, -0.2) is 0 Å². The first kappa shape index (κ1) is 16.0. The highest BCUT2D eigenvalue weighted by atomic mass is 14.8. The van der Waals surface area contributed by atoms with Crippen molar-refractivity contribution in [2.75, 3.05) is 6.54 Å². The SMILES string of the molecule is CC1=CC(CCCCCCCCCc2ccccc2)=NC1. The fourth-order valence-electron chi connectivity index (χ4n) is 2.92. The van der Waals surface area contributed by atoms with Gasteiger partial charge in [0.25, 0.3) is 0 Å². The highest BCUT2D eigenvalue weighted by Gasteiger charge is 2.03. The second-order valence-electron chi connectivity index (χ2n) is 6.26. The fraction of sp³-hybridized carbons (Fsp3) is 0.550. The average molecular weight is 283 g/mol. The fourth-order valence-corrected chi connectivity index (χ4v) is 2.92. The number of rotatable bonds is 10. The largest absolute Gasteiger partial charge is 0.285 e. The standard InChI is InChI=1S/C20H29N/c1-18-16-20(21-17-18)15-11-6-4-2-3-5-8-12-19-13-9-7-10-14-19/h7,9-10,13-14,16H,2-6,8,11-12,15,17H2,1H3. The summed E-state index contributed by atoms with van der Waals surface area (Å²) in [5.74, 6) is 0. The van der Waals surface area contributed by atoms with Gasteiger partial charge in [-0.3, -0.25) is 4.99 Å². The first-order valence-corrected chi connectivity index (χ1v) is 8.59. The minimum atomic E-state index is 0.941. The normalized spacial score (nSPS) is 14.1. The molecule has 114 valence electrons. The Hall–Kier alpha value is -1.37. The van der Waals surface area contributed by atoms with Gasteiger partial charge in [0.2, 0.25) is 0 Å². The zero-order chi connectivity index (χ0) is 14.8. The van der Waals surface area contributed by atoms with E-state index >= 15 is 0 Å². The zero-order valence-corrected chi connectivity index (χ0v) is 13.5. The predicted octanol–water partition coefficient (Wildman–Crippen LogP) is 5.75. The third-order valence-electron chi connectivity index (χ3n) is 4.19. The van der Waals surface area contributed by atoms with Crippen LogP contribution in [0.3, 0.4) is 0 Å². The molecule has 0 saturated carbocycles. The van der Waals surface area contributed by atoms with E-state index in [9.17, 15) is 0 Å². The Morgan fingerprint density at radius 1 is 0.810 bits per heavy atom. The van der Waals surface area contributed by atoms with Crippen molar-refractivity contribution in [2.45, 2.75) is 64.7 Å². The van der Waals surface area contributed by atoms with Crippen LogP contribution in [0.25, 0.3) is 0 Å². The number of benzene rings is 1. The van der Waals surface area contributed by atoms with Crippen LogP contribution in [0.4, 0.5) is 0 Å². The van der Waals surface area contributed by atoms with Gasteiger partial charge < -0.3 is 0 Å². The summed E-state index contributed by atoms with van der Waals surface area (Å²) in [5, 5.41) is 0. The Balaban J connectivity index is 1.39. The number of hydrogen-bond donors (Lipinski definition) is 0. The van der Waals surface area contributed by atoms with E-state index in [4.69, 9.17) is 0 Å². The number of nitrogens with zero attached hydrogens (tertiary/aromatic N) is 1. The maximum absolute atomic E-state index is 4.53. The summed E-state index contributed by atoms with van der Waals surface area (Å²) in [4.78, 5) is 4.53. The number of aliphatic imine (C=N–C) groups is 1. The molecule has 1 heteroatoms. The van der Waals surface area contributed by atoms with Crippen molar-refractivity contribution < 1.29 is 0 Å². The third-order valence-corrected chi connectivity index (χ3v) is 4.19. The van der Waals surface area contributed by atoms with Gasteiger partial charge in [-0.1, -0.05) is 68.0 Å². The molecule has 0 amide bonds. The maximum atomic E-state index is 4.53. The second kappa shape index (κ2) is 9.55. The molecule has 0 atom stereocenters. The summed E-state index contributed by atoms with van der Waals surface area (Å²) in [6.07, 6.45) is 14.3. The highest BCUT2D eigenvalue weighted by molar-refractivity contribution is 5.97. The molecule has 0 bridgehead atoms. The molecule has 0 fully saturated rings. The monoisotopic (exact) mass is 283 g/mol. The topological polar surface area (TPSA) is 12.4 Å². The van der Waals surface area contributed by atoms with Crippen LogP contribution in [0.2, 0.25) is 0 Å². The van der Waals surface area contributed by atoms with Gasteiger partial charge in [-0.15, -0.1) is 0 Å². The summed E-state index contributed by atoms with van der Waals surface area (Å²) in [5.41, 5.74) is 4.23. The van der Waals surface area contributed by atoms with Crippen LogP contribution in [0.1, 0.15) is 63.9 Å². The van der Waals surface area contributed by atoms with Gasteiger partial charge in [0.1, 0.15) is 0 Å². The lowest BCUT2D eigenvalue weighted by Gasteiger charge is -2.03. The predicted molar refractivity (Wildman–Crippen MR) is 93.1 cm³/mol. The first-order valence-electron chi connectivity index (χ1n) is 8.59. The molecule has 0 aliphatic carbocycles. The summed E-state index contributed by atoms with van der Waals surface area (Å²) in [6, 6.07) is 10.9. The van der Waals surface area contributed by atoms with E-state index in [1.165, 1.54) is 74.6 Å². The lowest BCUT2D eigenvalue weighted by molar-refractivity contribution is 0.584. The van der Waals surface area contributed by atoms with Crippen LogP contribution in [0.5, 0.6) is 0 Å². The Kier molecular flexibility index (Phi) is 7.28. The van der Waals surface area contributed by atoms with Crippen LogP contribution >= 0.6 is 0 Å². The molecule has 2 rings (SSSR count). The van der Waals surface area contributed by atoms with Crippen LogP contribution in [-0.2, 0) is 6.42 Å². The van der Waals surface area contributed by atoms with Crippen LogP contribution in [-0.4, -0.2) is 12.3 Å². The first-order chi connectivity index (χ1) is 10.3. The van der Waals surface area contributed by atoms with Crippen molar-refractivity contribution in [3.63, 3.8) is 0 Å². The molecule has 1 heterocycles. The Bertz CT molecular complexity index is 456. The molecule has 1 aromatic rings. The van der Waals surface area contributed by atoms with E-state index in [0.29, 0.717) is 0 Å². The minimum Gasteiger partial charge on any atom is -0.285 e. The van der Waals surface area contributed by atoms with E-state index in [0.717, 1.165) is 6.54 Å². The molecule has 0 N–H and O–H groups in total. The van der Waals surface area contributed by atoms with Crippen molar-refractivity contribution in [2.24, 2.45) is 4.99 Å². The molecule has 0 saturated heterocycles. The number of unbranched alkanes of at least 4 members (excludes halogenated alkanes) is 6. The lowest BCUT2D eigenvalue weighted by atomic mass is 10.0. The van der Waals surface area contributed by atoms with Crippen LogP contribution in [0.15, 0.2) is 47.0 Å². The smallest absolute Gasteiger partial charge is 0.0603 e. The van der Waals surface area contributed by atoms with Crippen molar-refractivity contribution in [3.05, 3.63) is 47.5 Å². The summed E-state index contributed by atoms with van der Waals surface area (Å²) < 4.78 is 0. The second-order valence-corrected chi connectivity index (χ2v) is 6.26. The molecule has 0 spiro atoms. The molecule has 0 aromatic heterocycles. The highest BCUT2D eigenvalue weighted by Crippen LogP contribution is 2.13. The van der Waals surface area contributed by atoms with Gasteiger partial charge in [-0.05, 0) is 44.2 Å². The van der Waals surface area contributed by atoms with Gasteiger partial charge in [-0.2, -0.15) is 0 Å². The molecule has 0 unspecified atom stereocenters. The van der Waals surface area contributed by atoms with Gasteiger partial charge in [0.15, 0.2) is 0 Å².